The van der Waals surface area contributed by atoms with Gasteiger partial charge in [0, 0.05) is 32.8 Å². The Morgan fingerprint density at radius 3 is 2.46 bits per heavy atom. The van der Waals surface area contributed by atoms with Gasteiger partial charge in [-0.1, -0.05) is 37.1 Å². The smallest absolute Gasteiger partial charge is 0.191 e. The van der Waals surface area contributed by atoms with Crippen molar-refractivity contribution in [2.24, 2.45) is 4.99 Å². The minimum Gasteiger partial charge on any atom is -0.382 e. The van der Waals surface area contributed by atoms with Gasteiger partial charge in [0.1, 0.15) is 0 Å². The fourth-order valence-corrected chi connectivity index (χ4v) is 3.59. The molecule has 2 N–H and O–H groups in total. The van der Waals surface area contributed by atoms with Crippen LogP contribution in [0.5, 0.6) is 0 Å². The van der Waals surface area contributed by atoms with Crippen LogP contribution < -0.4 is 10.6 Å². The Balaban J connectivity index is 1.88. The number of likely N-dealkylation sites (tertiary alicyclic amines) is 1. The summed E-state index contributed by atoms with van der Waals surface area (Å²) in [6.45, 7) is 11.8. The van der Waals surface area contributed by atoms with Crippen molar-refractivity contribution in [3.8, 4) is 0 Å². The van der Waals surface area contributed by atoms with E-state index in [4.69, 9.17) is 9.73 Å². The van der Waals surface area contributed by atoms with E-state index >= 15 is 0 Å². The largest absolute Gasteiger partial charge is 0.382 e. The van der Waals surface area contributed by atoms with E-state index in [1.807, 2.05) is 6.92 Å². The lowest BCUT2D eigenvalue weighted by atomic mass is 10.1. The molecule has 0 radical (unpaired) electrons. The maximum absolute atomic E-state index is 5.40. The maximum Gasteiger partial charge on any atom is 0.191 e. The Labute approximate surface area is 171 Å². The van der Waals surface area contributed by atoms with Crippen molar-refractivity contribution in [1.29, 1.82) is 0 Å². The predicted octanol–water partition coefficient (Wildman–Crippen LogP) is 3.93. The molecule has 0 aliphatic carbocycles. The monoisotopic (exact) mass is 388 g/mol. The number of nitrogens with zero attached hydrogens (tertiary/aromatic N) is 2. The zero-order valence-corrected chi connectivity index (χ0v) is 18.0. The number of nitrogens with one attached hydrogen (secondary N) is 2. The van der Waals surface area contributed by atoms with E-state index in [1.54, 1.807) is 0 Å². The second-order valence-corrected chi connectivity index (χ2v) is 7.49. The first-order valence-corrected chi connectivity index (χ1v) is 11.2. The summed E-state index contributed by atoms with van der Waals surface area (Å²) < 4.78 is 5.40. The summed E-state index contributed by atoms with van der Waals surface area (Å²) in [6.07, 6.45) is 7.60. The summed E-state index contributed by atoms with van der Waals surface area (Å²) in [4.78, 5) is 7.44. The van der Waals surface area contributed by atoms with Gasteiger partial charge in [-0.3, -0.25) is 4.90 Å². The van der Waals surface area contributed by atoms with Crippen LogP contribution in [-0.4, -0.2) is 50.3 Å². The van der Waals surface area contributed by atoms with Crippen molar-refractivity contribution in [3.63, 3.8) is 0 Å². The van der Waals surface area contributed by atoms with Crippen molar-refractivity contribution >= 4 is 5.96 Å². The van der Waals surface area contributed by atoms with Gasteiger partial charge in [-0.25, -0.2) is 4.99 Å². The Hall–Kier alpha value is -1.59. The molecule has 0 amide bonds. The molecule has 0 aromatic heterocycles. The topological polar surface area (TPSA) is 48.9 Å². The van der Waals surface area contributed by atoms with Crippen molar-refractivity contribution in [1.82, 2.24) is 15.5 Å². The lowest BCUT2D eigenvalue weighted by Gasteiger charge is -2.21. The normalized spacial score (nSPS) is 16.0. The van der Waals surface area contributed by atoms with Crippen LogP contribution in [0.4, 0.5) is 0 Å². The highest BCUT2D eigenvalue weighted by Gasteiger charge is 2.11. The second-order valence-electron chi connectivity index (χ2n) is 7.49. The Morgan fingerprint density at radius 2 is 1.75 bits per heavy atom. The molecule has 1 fully saturated rings. The minimum atomic E-state index is 0.721. The molecule has 2 rings (SSSR count). The molecule has 0 saturated carbocycles. The molecule has 0 spiro atoms. The fraction of sp³-hybridized carbons (Fsp3) is 0.696. The first-order chi connectivity index (χ1) is 13.8. The van der Waals surface area contributed by atoms with Gasteiger partial charge in [-0.15, -0.1) is 0 Å². The lowest BCUT2D eigenvalue weighted by Crippen LogP contribution is -2.37. The van der Waals surface area contributed by atoms with Crippen LogP contribution >= 0.6 is 0 Å². The molecule has 5 nitrogen and oxygen atoms in total. The first kappa shape index (κ1) is 22.7. The predicted molar refractivity (Wildman–Crippen MR) is 119 cm³/mol. The molecule has 0 atom stereocenters. The number of ether oxygens (including phenoxy) is 1. The fourth-order valence-electron chi connectivity index (χ4n) is 3.59. The molecular formula is C23H40N4O. The average Bonchev–Trinajstić information content (AvgIpc) is 2.98. The van der Waals surface area contributed by atoms with E-state index in [1.165, 1.54) is 49.9 Å². The standard InChI is InChI=1S/C23H40N4O/c1-3-24-23(25-15-9-12-18-28-4-2)26-19-21-13-7-8-14-22(21)20-27-16-10-5-6-11-17-27/h7-8,13-14H,3-6,9-12,15-20H2,1-2H3,(H2,24,25,26). The molecular weight excluding hydrogens is 348 g/mol. The van der Waals surface area contributed by atoms with Gasteiger partial charge in [0.25, 0.3) is 0 Å². The SMILES string of the molecule is CCNC(=NCc1ccccc1CN1CCCCCC1)NCCCCOCC. The van der Waals surface area contributed by atoms with Gasteiger partial charge < -0.3 is 15.4 Å². The molecule has 1 aromatic carbocycles. The maximum atomic E-state index is 5.40. The van der Waals surface area contributed by atoms with Crippen LogP contribution in [0.2, 0.25) is 0 Å². The Morgan fingerprint density at radius 1 is 1.00 bits per heavy atom. The first-order valence-electron chi connectivity index (χ1n) is 11.2. The highest BCUT2D eigenvalue weighted by Crippen LogP contribution is 2.16. The van der Waals surface area contributed by atoms with Gasteiger partial charge in [0.15, 0.2) is 5.96 Å². The van der Waals surface area contributed by atoms with Crippen LogP contribution in [0.25, 0.3) is 0 Å². The zero-order chi connectivity index (χ0) is 19.9. The van der Waals surface area contributed by atoms with Gasteiger partial charge in [-0.05, 0) is 63.7 Å². The quantitative estimate of drug-likeness (QED) is 0.342. The van der Waals surface area contributed by atoms with Crippen LogP contribution in [0.3, 0.4) is 0 Å². The van der Waals surface area contributed by atoms with E-state index in [2.05, 4.69) is 46.7 Å². The molecule has 28 heavy (non-hydrogen) atoms. The van der Waals surface area contributed by atoms with E-state index in [0.717, 1.165) is 58.2 Å². The lowest BCUT2D eigenvalue weighted by molar-refractivity contribution is 0.143. The van der Waals surface area contributed by atoms with E-state index in [9.17, 15) is 0 Å². The third kappa shape index (κ3) is 9.07. The van der Waals surface area contributed by atoms with Gasteiger partial charge in [0.2, 0.25) is 0 Å². The summed E-state index contributed by atoms with van der Waals surface area (Å²) in [5.41, 5.74) is 2.75. The number of benzene rings is 1. The van der Waals surface area contributed by atoms with Crippen LogP contribution in [-0.2, 0) is 17.8 Å². The molecule has 1 aliphatic heterocycles. The van der Waals surface area contributed by atoms with Crippen molar-refractivity contribution in [2.75, 3.05) is 39.4 Å². The molecule has 1 saturated heterocycles. The third-order valence-electron chi connectivity index (χ3n) is 5.17. The van der Waals surface area contributed by atoms with E-state index < -0.39 is 0 Å². The third-order valence-corrected chi connectivity index (χ3v) is 5.17. The Bertz CT molecular complexity index is 553. The molecule has 5 heteroatoms. The molecule has 158 valence electrons. The highest BCUT2D eigenvalue weighted by molar-refractivity contribution is 5.79. The van der Waals surface area contributed by atoms with E-state index in [-0.39, 0.29) is 0 Å². The molecule has 0 bridgehead atoms. The number of hydrogen-bond donors (Lipinski definition) is 2. The summed E-state index contributed by atoms with van der Waals surface area (Å²) in [5, 5.41) is 6.81. The van der Waals surface area contributed by atoms with Crippen molar-refractivity contribution in [3.05, 3.63) is 35.4 Å². The van der Waals surface area contributed by atoms with Crippen LogP contribution in [0.1, 0.15) is 63.5 Å². The Kier molecular flexibility index (Phi) is 11.7. The number of aliphatic imine (C=N–C) groups is 1. The second kappa shape index (κ2) is 14.4. The number of guanidine groups is 1. The van der Waals surface area contributed by atoms with Crippen LogP contribution in [0, 0.1) is 0 Å². The number of hydrogen-bond acceptors (Lipinski definition) is 3. The number of unbranched alkanes of at least 4 members (excludes halogenated alkanes) is 1. The molecule has 0 unspecified atom stereocenters. The van der Waals surface area contributed by atoms with E-state index in [0.29, 0.717) is 0 Å². The summed E-state index contributed by atoms with van der Waals surface area (Å²) in [6, 6.07) is 8.78. The molecule has 1 heterocycles. The van der Waals surface area contributed by atoms with Gasteiger partial charge in [0.05, 0.1) is 6.54 Å². The summed E-state index contributed by atoms with van der Waals surface area (Å²) in [5.74, 6) is 0.906. The minimum absolute atomic E-state index is 0.721. The van der Waals surface area contributed by atoms with Gasteiger partial charge in [-0.2, -0.15) is 0 Å². The van der Waals surface area contributed by atoms with Crippen molar-refractivity contribution < 1.29 is 4.74 Å². The highest BCUT2D eigenvalue weighted by atomic mass is 16.5. The molecule has 1 aromatic rings. The number of rotatable bonds is 11. The summed E-state index contributed by atoms with van der Waals surface area (Å²) >= 11 is 0. The van der Waals surface area contributed by atoms with Gasteiger partial charge >= 0.3 is 0 Å². The van der Waals surface area contributed by atoms with Crippen molar-refractivity contribution in [2.45, 2.75) is 65.5 Å². The summed E-state index contributed by atoms with van der Waals surface area (Å²) in [7, 11) is 0. The zero-order valence-electron chi connectivity index (χ0n) is 18.0. The molecule has 1 aliphatic rings. The van der Waals surface area contributed by atoms with Crippen LogP contribution in [0.15, 0.2) is 29.3 Å². The average molecular weight is 389 g/mol.